The number of aromatic nitrogens is 2. The van der Waals surface area contributed by atoms with E-state index in [2.05, 4.69) is 15.0 Å². The molecule has 0 spiro atoms. The molecule has 102 valence electrons. The molecule has 1 heterocycles. The van der Waals surface area contributed by atoms with Gasteiger partial charge >= 0.3 is 0 Å². The Bertz CT molecular complexity index is 558. The SMILES string of the molecule is CCc1nnsc1C(Cc1ccc(Cl)c(Cl)c1)NN. The first kappa shape index (κ1) is 14.7. The molecule has 1 aromatic carbocycles. The van der Waals surface area contributed by atoms with Gasteiger partial charge in [-0.2, -0.15) is 0 Å². The molecule has 1 atom stereocenters. The number of nitrogens with zero attached hydrogens (tertiary/aromatic N) is 2. The first-order valence-electron chi connectivity index (χ1n) is 5.86. The lowest BCUT2D eigenvalue weighted by molar-refractivity contribution is 0.555. The molecule has 0 fully saturated rings. The van der Waals surface area contributed by atoms with Crippen molar-refractivity contribution in [2.75, 3.05) is 0 Å². The van der Waals surface area contributed by atoms with Crippen molar-refractivity contribution in [3.8, 4) is 0 Å². The molecule has 4 nitrogen and oxygen atoms in total. The molecular weight excluding hydrogens is 303 g/mol. The molecule has 2 aromatic rings. The topological polar surface area (TPSA) is 63.8 Å². The van der Waals surface area contributed by atoms with Gasteiger partial charge in [-0.3, -0.25) is 11.3 Å². The molecule has 0 saturated carbocycles. The maximum Gasteiger partial charge on any atom is 0.0801 e. The molecule has 0 bridgehead atoms. The number of hydrogen-bond donors (Lipinski definition) is 2. The molecular formula is C12H14Cl2N4S. The first-order valence-corrected chi connectivity index (χ1v) is 7.39. The Kier molecular flexibility index (Phi) is 5.13. The summed E-state index contributed by atoms with van der Waals surface area (Å²) in [5.74, 6) is 5.65. The van der Waals surface area contributed by atoms with Crippen LogP contribution in [0.4, 0.5) is 0 Å². The van der Waals surface area contributed by atoms with E-state index < -0.39 is 0 Å². The minimum absolute atomic E-state index is 0.0211. The van der Waals surface area contributed by atoms with E-state index in [0.29, 0.717) is 16.5 Å². The van der Waals surface area contributed by atoms with Crippen molar-refractivity contribution in [1.29, 1.82) is 0 Å². The van der Waals surface area contributed by atoms with Crippen LogP contribution in [0, 0.1) is 0 Å². The second-order valence-electron chi connectivity index (χ2n) is 4.11. The third kappa shape index (κ3) is 3.43. The summed E-state index contributed by atoms with van der Waals surface area (Å²) in [4.78, 5) is 1.07. The predicted octanol–water partition coefficient (Wildman–Crippen LogP) is 3.15. The standard InChI is InChI=1S/C12H14Cl2N4S/c1-2-10-12(19-18-17-10)11(16-15)6-7-3-4-8(13)9(14)5-7/h3-5,11,16H,2,6,15H2,1H3. The zero-order valence-corrected chi connectivity index (χ0v) is 12.7. The molecule has 0 aliphatic rings. The molecule has 0 amide bonds. The van der Waals surface area contributed by atoms with Gasteiger partial charge in [0.1, 0.15) is 0 Å². The van der Waals surface area contributed by atoms with Gasteiger partial charge in [0, 0.05) is 0 Å². The molecule has 7 heteroatoms. The van der Waals surface area contributed by atoms with Crippen molar-refractivity contribution >= 4 is 34.7 Å². The second kappa shape index (κ2) is 6.63. The minimum atomic E-state index is -0.0211. The molecule has 1 unspecified atom stereocenters. The maximum absolute atomic E-state index is 6.02. The number of aryl methyl sites for hydroxylation is 1. The van der Waals surface area contributed by atoms with Crippen LogP contribution in [0.1, 0.15) is 29.1 Å². The highest BCUT2D eigenvalue weighted by Gasteiger charge is 2.18. The summed E-state index contributed by atoms with van der Waals surface area (Å²) >= 11 is 13.3. The van der Waals surface area contributed by atoms with E-state index in [-0.39, 0.29) is 6.04 Å². The van der Waals surface area contributed by atoms with Gasteiger partial charge < -0.3 is 0 Å². The molecule has 0 radical (unpaired) electrons. The van der Waals surface area contributed by atoms with Crippen LogP contribution in [0.25, 0.3) is 0 Å². The number of halogens is 2. The highest BCUT2D eigenvalue weighted by atomic mass is 35.5. The zero-order valence-electron chi connectivity index (χ0n) is 10.4. The van der Waals surface area contributed by atoms with Crippen molar-refractivity contribution in [1.82, 2.24) is 15.0 Å². The Labute approximate surface area is 126 Å². The van der Waals surface area contributed by atoms with Crippen LogP contribution in [-0.2, 0) is 12.8 Å². The van der Waals surface area contributed by atoms with Crippen molar-refractivity contribution in [3.63, 3.8) is 0 Å². The van der Waals surface area contributed by atoms with E-state index in [9.17, 15) is 0 Å². The number of benzene rings is 1. The van der Waals surface area contributed by atoms with Crippen LogP contribution in [-0.4, -0.2) is 9.59 Å². The fourth-order valence-electron chi connectivity index (χ4n) is 1.85. The number of hydrogen-bond acceptors (Lipinski definition) is 5. The lowest BCUT2D eigenvalue weighted by atomic mass is 10.0. The number of nitrogens with one attached hydrogen (secondary N) is 1. The third-order valence-corrected chi connectivity index (χ3v) is 4.48. The summed E-state index contributed by atoms with van der Waals surface area (Å²) in [6.07, 6.45) is 1.55. The molecule has 0 aliphatic carbocycles. The highest BCUT2D eigenvalue weighted by molar-refractivity contribution is 7.05. The van der Waals surface area contributed by atoms with Crippen LogP contribution in [0.15, 0.2) is 18.2 Å². The van der Waals surface area contributed by atoms with E-state index in [4.69, 9.17) is 29.0 Å². The third-order valence-electron chi connectivity index (χ3n) is 2.86. The maximum atomic E-state index is 6.02. The average molecular weight is 317 g/mol. The number of hydrazine groups is 1. The van der Waals surface area contributed by atoms with E-state index in [0.717, 1.165) is 22.6 Å². The van der Waals surface area contributed by atoms with Crippen LogP contribution in [0.5, 0.6) is 0 Å². The van der Waals surface area contributed by atoms with Crippen LogP contribution in [0.2, 0.25) is 10.0 Å². The molecule has 0 saturated heterocycles. The Morgan fingerprint density at radius 1 is 1.37 bits per heavy atom. The fraction of sp³-hybridized carbons (Fsp3) is 0.333. The Morgan fingerprint density at radius 2 is 2.16 bits per heavy atom. The zero-order chi connectivity index (χ0) is 13.8. The summed E-state index contributed by atoms with van der Waals surface area (Å²) in [6, 6.07) is 5.57. The normalized spacial score (nSPS) is 12.6. The minimum Gasteiger partial charge on any atom is -0.271 e. The van der Waals surface area contributed by atoms with Gasteiger partial charge in [0.15, 0.2) is 0 Å². The average Bonchev–Trinajstić information content (AvgIpc) is 2.88. The van der Waals surface area contributed by atoms with Gasteiger partial charge in [-0.15, -0.1) is 5.10 Å². The second-order valence-corrected chi connectivity index (χ2v) is 5.71. The van der Waals surface area contributed by atoms with Crippen molar-refractivity contribution in [2.45, 2.75) is 25.8 Å². The largest absolute Gasteiger partial charge is 0.271 e. The summed E-state index contributed by atoms with van der Waals surface area (Å²) < 4.78 is 3.98. The summed E-state index contributed by atoms with van der Waals surface area (Å²) in [6.45, 7) is 2.05. The van der Waals surface area contributed by atoms with E-state index in [1.165, 1.54) is 11.5 Å². The lowest BCUT2D eigenvalue weighted by Gasteiger charge is -2.15. The number of rotatable bonds is 5. The first-order chi connectivity index (χ1) is 9.15. The van der Waals surface area contributed by atoms with Gasteiger partial charge in [0.2, 0.25) is 0 Å². The van der Waals surface area contributed by atoms with Gasteiger partial charge in [-0.05, 0) is 42.1 Å². The molecule has 2 rings (SSSR count). The smallest absolute Gasteiger partial charge is 0.0801 e. The van der Waals surface area contributed by atoms with Crippen LogP contribution in [0.3, 0.4) is 0 Å². The van der Waals surface area contributed by atoms with Crippen molar-refractivity contribution < 1.29 is 0 Å². The monoisotopic (exact) mass is 316 g/mol. The van der Waals surface area contributed by atoms with Crippen molar-refractivity contribution in [2.24, 2.45) is 5.84 Å². The number of nitrogens with two attached hydrogens (primary N) is 1. The Balaban J connectivity index is 2.21. The highest BCUT2D eigenvalue weighted by Crippen LogP contribution is 2.27. The van der Waals surface area contributed by atoms with Gasteiger partial charge in [0.05, 0.1) is 26.7 Å². The predicted molar refractivity (Wildman–Crippen MR) is 79.5 cm³/mol. The molecule has 3 N–H and O–H groups in total. The lowest BCUT2D eigenvalue weighted by Crippen LogP contribution is -2.29. The van der Waals surface area contributed by atoms with E-state index in [1.54, 1.807) is 6.07 Å². The van der Waals surface area contributed by atoms with E-state index >= 15 is 0 Å². The quantitative estimate of drug-likeness (QED) is 0.657. The Hall–Kier alpha value is -0.720. The summed E-state index contributed by atoms with van der Waals surface area (Å²) in [5, 5.41) is 5.20. The fourth-order valence-corrected chi connectivity index (χ4v) is 2.97. The van der Waals surface area contributed by atoms with Gasteiger partial charge in [0.25, 0.3) is 0 Å². The molecule has 1 aromatic heterocycles. The molecule has 0 aliphatic heterocycles. The van der Waals surface area contributed by atoms with Gasteiger partial charge in [-0.25, -0.2) is 0 Å². The van der Waals surface area contributed by atoms with Crippen LogP contribution >= 0.6 is 34.7 Å². The summed E-state index contributed by atoms with van der Waals surface area (Å²) in [5.41, 5.74) is 4.86. The van der Waals surface area contributed by atoms with E-state index in [1.807, 2.05) is 19.1 Å². The summed E-state index contributed by atoms with van der Waals surface area (Å²) in [7, 11) is 0. The van der Waals surface area contributed by atoms with Crippen molar-refractivity contribution in [3.05, 3.63) is 44.4 Å². The van der Waals surface area contributed by atoms with Crippen LogP contribution < -0.4 is 11.3 Å². The Morgan fingerprint density at radius 3 is 2.79 bits per heavy atom. The van der Waals surface area contributed by atoms with Gasteiger partial charge in [-0.1, -0.05) is 40.7 Å². The molecule has 19 heavy (non-hydrogen) atoms.